The molecule has 4 nitrogen and oxygen atoms in total. The van der Waals surface area contributed by atoms with Gasteiger partial charge in [-0.1, -0.05) is 0 Å². The van der Waals surface area contributed by atoms with Crippen LogP contribution in [0.25, 0.3) is 0 Å². The molecule has 0 saturated carbocycles. The van der Waals surface area contributed by atoms with Crippen molar-refractivity contribution in [3.63, 3.8) is 0 Å². The summed E-state index contributed by atoms with van der Waals surface area (Å²) in [6, 6.07) is 1.54. The zero-order valence-electron chi connectivity index (χ0n) is 8.24. The van der Waals surface area contributed by atoms with Gasteiger partial charge in [-0.05, 0) is 20.8 Å². The fraction of sp³-hybridized carbons (Fsp3) is 0.556. The molecular weight excluding hydrogens is 166 g/mol. The van der Waals surface area contributed by atoms with E-state index in [0.29, 0.717) is 6.54 Å². The number of hydrogen-bond donors (Lipinski definition) is 1. The molecule has 0 bridgehead atoms. The quantitative estimate of drug-likeness (QED) is 0.717. The summed E-state index contributed by atoms with van der Waals surface area (Å²) >= 11 is 0. The fourth-order valence-electron chi connectivity index (χ4n) is 1.39. The van der Waals surface area contributed by atoms with Gasteiger partial charge in [0.1, 0.15) is 5.82 Å². The Kier molecular flexibility index (Phi) is 2.83. The van der Waals surface area contributed by atoms with Crippen molar-refractivity contribution in [1.82, 2.24) is 9.55 Å². The molecule has 1 rings (SSSR count). The monoisotopic (exact) mass is 181 g/mol. The number of rotatable bonds is 2. The predicted molar refractivity (Wildman–Crippen MR) is 51.7 cm³/mol. The lowest BCUT2D eigenvalue weighted by Crippen LogP contribution is -2.30. The Balaban J connectivity index is 3.29. The topological polar surface area (TPSA) is 60.9 Å². The van der Waals surface area contributed by atoms with Gasteiger partial charge in [-0.2, -0.15) is 0 Å². The van der Waals surface area contributed by atoms with Gasteiger partial charge in [-0.15, -0.1) is 0 Å². The second-order valence-electron chi connectivity index (χ2n) is 3.24. The lowest BCUT2D eigenvalue weighted by Gasteiger charge is -2.15. The van der Waals surface area contributed by atoms with E-state index in [-0.39, 0.29) is 11.6 Å². The molecule has 1 atom stereocenters. The highest BCUT2D eigenvalue weighted by Gasteiger charge is 2.08. The van der Waals surface area contributed by atoms with Crippen LogP contribution in [-0.4, -0.2) is 16.1 Å². The largest absolute Gasteiger partial charge is 0.328 e. The first-order valence-electron chi connectivity index (χ1n) is 4.33. The van der Waals surface area contributed by atoms with Crippen molar-refractivity contribution < 1.29 is 0 Å². The second-order valence-corrected chi connectivity index (χ2v) is 3.24. The standard InChI is InChI=1S/C9H15N3O/c1-6-4-9(13)12(7(2)5-10)8(3)11-6/h4,7H,5,10H2,1-3H3. The first kappa shape index (κ1) is 9.92. The maximum Gasteiger partial charge on any atom is 0.253 e. The Morgan fingerprint density at radius 1 is 1.62 bits per heavy atom. The van der Waals surface area contributed by atoms with Crippen LogP contribution in [-0.2, 0) is 0 Å². The van der Waals surface area contributed by atoms with Crippen LogP contribution >= 0.6 is 0 Å². The van der Waals surface area contributed by atoms with Crippen LogP contribution in [0.5, 0.6) is 0 Å². The first-order chi connectivity index (χ1) is 6.06. The molecule has 72 valence electrons. The molecule has 0 aliphatic carbocycles. The van der Waals surface area contributed by atoms with Crippen molar-refractivity contribution in [2.45, 2.75) is 26.8 Å². The third-order valence-corrected chi connectivity index (χ3v) is 2.04. The van der Waals surface area contributed by atoms with Crippen LogP contribution in [0.4, 0.5) is 0 Å². The highest BCUT2D eigenvalue weighted by atomic mass is 16.1. The molecule has 0 radical (unpaired) electrons. The van der Waals surface area contributed by atoms with Gasteiger partial charge < -0.3 is 5.73 Å². The summed E-state index contributed by atoms with van der Waals surface area (Å²) in [5.41, 5.74) is 6.22. The third-order valence-electron chi connectivity index (χ3n) is 2.04. The number of aryl methyl sites for hydroxylation is 2. The summed E-state index contributed by atoms with van der Waals surface area (Å²) in [7, 11) is 0. The number of nitrogens with zero attached hydrogens (tertiary/aromatic N) is 2. The Bertz CT molecular complexity index is 356. The van der Waals surface area contributed by atoms with Crippen molar-refractivity contribution in [2.24, 2.45) is 5.73 Å². The number of hydrogen-bond acceptors (Lipinski definition) is 3. The molecule has 13 heavy (non-hydrogen) atoms. The van der Waals surface area contributed by atoms with E-state index in [9.17, 15) is 4.79 Å². The molecule has 2 N–H and O–H groups in total. The maximum atomic E-state index is 11.5. The second kappa shape index (κ2) is 3.70. The molecule has 0 aliphatic heterocycles. The summed E-state index contributed by atoms with van der Waals surface area (Å²) < 4.78 is 1.62. The van der Waals surface area contributed by atoms with Gasteiger partial charge in [0.05, 0.1) is 0 Å². The van der Waals surface area contributed by atoms with Crippen molar-refractivity contribution in [1.29, 1.82) is 0 Å². The van der Waals surface area contributed by atoms with Gasteiger partial charge >= 0.3 is 0 Å². The summed E-state index contributed by atoms with van der Waals surface area (Å²) in [4.78, 5) is 15.7. The molecule has 0 aliphatic rings. The lowest BCUT2D eigenvalue weighted by molar-refractivity contribution is 0.514. The molecule has 0 saturated heterocycles. The van der Waals surface area contributed by atoms with Crippen LogP contribution in [0, 0.1) is 13.8 Å². The normalized spacial score (nSPS) is 12.9. The molecule has 0 amide bonds. The maximum absolute atomic E-state index is 11.5. The van der Waals surface area contributed by atoms with Crippen LogP contribution < -0.4 is 11.3 Å². The highest BCUT2D eigenvalue weighted by Crippen LogP contribution is 2.02. The highest BCUT2D eigenvalue weighted by molar-refractivity contribution is 5.02. The average Bonchev–Trinajstić information content (AvgIpc) is 2.02. The average molecular weight is 181 g/mol. The van der Waals surface area contributed by atoms with E-state index in [1.807, 2.05) is 20.8 Å². The van der Waals surface area contributed by atoms with Gasteiger partial charge in [0.2, 0.25) is 0 Å². The molecule has 1 aromatic heterocycles. The van der Waals surface area contributed by atoms with Crippen molar-refractivity contribution in [3.05, 3.63) is 27.9 Å². The predicted octanol–water partition coefficient (Wildman–Crippen LogP) is 0.380. The molecule has 1 unspecified atom stereocenters. The van der Waals surface area contributed by atoms with Crippen molar-refractivity contribution in [3.8, 4) is 0 Å². The minimum Gasteiger partial charge on any atom is -0.328 e. The zero-order valence-corrected chi connectivity index (χ0v) is 8.24. The van der Waals surface area contributed by atoms with Gasteiger partial charge in [0.15, 0.2) is 0 Å². The van der Waals surface area contributed by atoms with Crippen LogP contribution in [0.15, 0.2) is 10.9 Å². The molecule has 4 heteroatoms. The Morgan fingerprint density at radius 2 is 2.23 bits per heavy atom. The minimum absolute atomic E-state index is 0.0144. The van der Waals surface area contributed by atoms with Gasteiger partial charge in [0.25, 0.3) is 5.56 Å². The zero-order chi connectivity index (χ0) is 10.0. The summed E-state index contributed by atoms with van der Waals surface area (Å²) in [6.07, 6.45) is 0. The van der Waals surface area contributed by atoms with Crippen molar-refractivity contribution >= 4 is 0 Å². The number of aromatic nitrogens is 2. The number of nitrogens with two attached hydrogens (primary N) is 1. The van der Waals surface area contributed by atoms with Crippen LogP contribution in [0.1, 0.15) is 24.5 Å². The lowest BCUT2D eigenvalue weighted by atomic mass is 10.3. The van der Waals surface area contributed by atoms with E-state index in [1.54, 1.807) is 4.57 Å². The van der Waals surface area contributed by atoms with Gasteiger partial charge in [-0.25, -0.2) is 4.98 Å². The molecule has 1 heterocycles. The van der Waals surface area contributed by atoms with E-state index in [1.165, 1.54) is 6.07 Å². The van der Waals surface area contributed by atoms with E-state index in [2.05, 4.69) is 4.98 Å². The SMILES string of the molecule is Cc1cc(=O)n(C(C)CN)c(C)n1. The molecular formula is C9H15N3O. The molecule has 0 fully saturated rings. The van der Waals surface area contributed by atoms with Crippen molar-refractivity contribution in [2.75, 3.05) is 6.54 Å². The molecule has 0 aromatic carbocycles. The minimum atomic E-state index is -0.0250. The Labute approximate surface area is 77.4 Å². The van der Waals surface area contributed by atoms with E-state index < -0.39 is 0 Å². The van der Waals surface area contributed by atoms with Gasteiger partial charge in [-0.3, -0.25) is 9.36 Å². The summed E-state index contributed by atoms with van der Waals surface area (Å²) in [6.45, 7) is 5.99. The van der Waals surface area contributed by atoms with Crippen LogP contribution in [0.3, 0.4) is 0 Å². The van der Waals surface area contributed by atoms with E-state index >= 15 is 0 Å². The first-order valence-corrected chi connectivity index (χ1v) is 4.33. The summed E-state index contributed by atoms with van der Waals surface area (Å²) in [5.74, 6) is 0.725. The van der Waals surface area contributed by atoms with E-state index in [0.717, 1.165) is 11.5 Å². The van der Waals surface area contributed by atoms with E-state index in [4.69, 9.17) is 5.73 Å². The van der Waals surface area contributed by atoms with Crippen LogP contribution in [0.2, 0.25) is 0 Å². The third kappa shape index (κ3) is 1.95. The molecule has 1 aromatic rings. The molecule has 0 spiro atoms. The Hall–Kier alpha value is -1.16. The smallest absolute Gasteiger partial charge is 0.253 e. The fourth-order valence-corrected chi connectivity index (χ4v) is 1.39. The Morgan fingerprint density at radius 3 is 2.69 bits per heavy atom. The summed E-state index contributed by atoms with van der Waals surface area (Å²) in [5, 5.41) is 0. The van der Waals surface area contributed by atoms with Gasteiger partial charge in [0, 0.05) is 24.3 Å².